The molecule has 1 saturated carbocycles. The third-order valence-electron chi connectivity index (χ3n) is 3.98. The molecule has 0 amide bonds. The Kier molecular flexibility index (Phi) is 1.96. The monoisotopic (exact) mass is 217 g/mol. The Hall–Kier alpha value is -1.51. The predicted molar refractivity (Wildman–Crippen MR) is 61.7 cm³/mol. The molecular weight excluding hydrogens is 202 g/mol. The van der Waals surface area contributed by atoms with Gasteiger partial charge in [0.25, 0.3) is 0 Å². The van der Waals surface area contributed by atoms with Crippen LogP contribution in [0.3, 0.4) is 0 Å². The van der Waals surface area contributed by atoms with Crippen molar-refractivity contribution in [2.45, 2.75) is 31.2 Å². The van der Waals surface area contributed by atoms with Crippen molar-refractivity contribution in [2.75, 3.05) is 11.4 Å². The molecule has 1 aliphatic carbocycles. The molecular formula is C13H15NO2. The number of rotatable bonds is 2. The van der Waals surface area contributed by atoms with Gasteiger partial charge < -0.3 is 10.0 Å². The molecule has 1 aliphatic heterocycles. The predicted octanol–water partition coefficient (Wildman–Crippen LogP) is 2.06. The molecule has 16 heavy (non-hydrogen) atoms. The minimum absolute atomic E-state index is 0.605. The van der Waals surface area contributed by atoms with Crippen LogP contribution in [0.4, 0.5) is 5.69 Å². The molecule has 3 rings (SSSR count). The Morgan fingerprint density at radius 2 is 2.06 bits per heavy atom. The number of nitrogens with zero attached hydrogens (tertiary/aromatic N) is 1. The van der Waals surface area contributed by atoms with Crippen LogP contribution in [0, 0.1) is 0 Å². The normalized spacial score (nSPS) is 21.4. The largest absolute Gasteiger partial charge is 0.479 e. The summed E-state index contributed by atoms with van der Waals surface area (Å²) in [5.41, 5.74) is 1.81. The molecule has 1 N–H and O–H groups in total. The summed E-state index contributed by atoms with van der Waals surface area (Å²) in [6.07, 6.45) is 3.59. The van der Waals surface area contributed by atoms with Gasteiger partial charge in [-0.05, 0) is 37.3 Å². The Balaban J connectivity index is 2.01. The molecule has 1 fully saturated rings. The number of benzene rings is 1. The van der Waals surface area contributed by atoms with Gasteiger partial charge in [0.15, 0.2) is 0 Å². The van der Waals surface area contributed by atoms with Crippen molar-refractivity contribution in [3.63, 3.8) is 0 Å². The molecule has 0 atom stereocenters. The van der Waals surface area contributed by atoms with Gasteiger partial charge in [-0.2, -0.15) is 0 Å². The zero-order chi connectivity index (χ0) is 11.2. The lowest BCUT2D eigenvalue weighted by Crippen LogP contribution is -2.59. The molecule has 3 heteroatoms. The quantitative estimate of drug-likeness (QED) is 0.824. The lowest BCUT2D eigenvalue weighted by Gasteiger charge is -2.46. The molecule has 0 bridgehead atoms. The maximum atomic E-state index is 11.5. The molecule has 1 heterocycles. The summed E-state index contributed by atoms with van der Waals surface area (Å²) in [6, 6.07) is 8.16. The summed E-state index contributed by atoms with van der Waals surface area (Å²) in [4.78, 5) is 13.6. The highest BCUT2D eigenvalue weighted by Crippen LogP contribution is 2.44. The van der Waals surface area contributed by atoms with Gasteiger partial charge in [0, 0.05) is 12.2 Å². The van der Waals surface area contributed by atoms with Crippen molar-refractivity contribution >= 4 is 11.7 Å². The van der Waals surface area contributed by atoms with Crippen LogP contribution in [0.1, 0.15) is 24.8 Å². The van der Waals surface area contributed by atoms with Gasteiger partial charge in [-0.3, -0.25) is 0 Å². The second-order valence-electron chi connectivity index (χ2n) is 4.72. The molecule has 0 saturated heterocycles. The van der Waals surface area contributed by atoms with Crippen molar-refractivity contribution in [3.8, 4) is 0 Å². The van der Waals surface area contributed by atoms with Gasteiger partial charge in [0.2, 0.25) is 0 Å². The number of hydrogen-bond donors (Lipinski definition) is 1. The third kappa shape index (κ3) is 1.11. The Bertz CT molecular complexity index is 437. The zero-order valence-corrected chi connectivity index (χ0v) is 9.15. The second kappa shape index (κ2) is 3.24. The summed E-state index contributed by atoms with van der Waals surface area (Å²) in [5, 5.41) is 9.43. The van der Waals surface area contributed by atoms with E-state index >= 15 is 0 Å². The number of aliphatic carboxylic acids is 1. The fourth-order valence-corrected chi connectivity index (χ4v) is 2.89. The van der Waals surface area contributed by atoms with Gasteiger partial charge in [-0.25, -0.2) is 4.79 Å². The van der Waals surface area contributed by atoms with E-state index in [4.69, 9.17) is 0 Å². The lowest BCUT2D eigenvalue weighted by atomic mass is 9.75. The van der Waals surface area contributed by atoms with Crippen LogP contribution < -0.4 is 4.90 Å². The molecule has 1 aromatic rings. The number of fused-ring (bicyclic) bond motifs is 1. The topological polar surface area (TPSA) is 40.5 Å². The van der Waals surface area contributed by atoms with Gasteiger partial charge in [0.1, 0.15) is 5.54 Å². The Morgan fingerprint density at radius 1 is 1.31 bits per heavy atom. The van der Waals surface area contributed by atoms with E-state index in [1.165, 1.54) is 5.56 Å². The fourth-order valence-electron chi connectivity index (χ4n) is 2.89. The third-order valence-corrected chi connectivity index (χ3v) is 3.98. The number of para-hydroxylation sites is 1. The lowest BCUT2D eigenvalue weighted by molar-refractivity contribution is -0.146. The Morgan fingerprint density at radius 3 is 2.69 bits per heavy atom. The van der Waals surface area contributed by atoms with Crippen molar-refractivity contribution in [1.82, 2.24) is 0 Å². The highest BCUT2D eigenvalue weighted by molar-refractivity contribution is 5.86. The first-order chi connectivity index (χ1) is 7.74. The van der Waals surface area contributed by atoms with E-state index < -0.39 is 11.5 Å². The van der Waals surface area contributed by atoms with Crippen LogP contribution in [-0.2, 0) is 11.2 Å². The van der Waals surface area contributed by atoms with E-state index in [0.717, 1.165) is 37.9 Å². The van der Waals surface area contributed by atoms with Crippen LogP contribution in [0.15, 0.2) is 24.3 Å². The van der Waals surface area contributed by atoms with E-state index in [2.05, 4.69) is 11.0 Å². The Labute approximate surface area is 94.7 Å². The summed E-state index contributed by atoms with van der Waals surface area (Å²) < 4.78 is 0. The minimum Gasteiger partial charge on any atom is -0.479 e. The molecule has 1 aromatic carbocycles. The molecule has 0 unspecified atom stereocenters. The SMILES string of the molecule is O=C(O)C1(N2CCc3ccccc32)CCC1. The molecule has 2 aliphatic rings. The summed E-state index contributed by atoms with van der Waals surface area (Å²) in [5.74, 6) is -0.657. The van der Waals surface area contributed by atoms with Crippen molar-refractivity contribution in [1.29, 1.82) is 0 Å². The van der Waals surface area contributed by atoms with Gasteiger partial charge in [-0.15, -0.1) is 0 Å². The smallest absolute Gasteiger partial charge is 0.329 e. The first kappa shape index (κ1) is 9.70. The van der Waals surface area contributed by atoms with Gasteiger partial charge in [-0.1, -0.05) is 18.2 Å². The summed E-state index contributed by atoms with van der Waals surface area (Å²) in [7, 11) is 0. The average molecular weight is 217 g/mol. The standard InChI is InChI=1S/C13H15NO2/c15-12(16)13(7-3-8-13)14-9-6-10-4-1-2-5-11(10)14/h1-2,4-5H,3,6-9H2,(H,15,16). The van der Waals surface area contributed by atoms with Crippen molar-refractivity contribution in [3.05, 3.63) is 29.8 Å². The van der Waals surface area contributed by atoms with E-state index in [9.17, 15) is 9.90 Å². The van der Waals surface area contributed by atoms with Gasteiger partial charge >= 0.3 is 5.97 Å². The van der Waals surface area contributed by atoms with Crippen LogP contribution in [0.2, 0.25) is 0 Å². The highest BCUT2D eigenvalue weighted by Gasteiger charge is 2.50. The van der Waals surface area contributed by atoms with Gasteiger partial charge in [0.05, 0.1) is 0 Å². The number of hydrogen-bond acceptors (Lipinski definition) is 2. The molecule has 0 spiro atoms. The fraction of sp³-hybridized carbons (Fsp3) is 0.462. The van der Waals surface area contributed by atoms with Crippen LogP contribution in [-0.4, -0.2) is 23.2 Å². The summed E-state index contributed by atoms with van der Waals surface area (Å²) in [6.45, 7) is 0.853. The number of carbonyl (C=O) groups is 1. The minimum atomic E-state index is -0.657. The number of carboxylic acid groups (broad SMARTS) is 1. The van der Waals surface area contributed by atoms with Crippen LogP contribution in [0.25, 0.3) is 0 Å². The molecule has 0 radical (unpaired) electrons. The van der Waals surface area contributed by atoms with E-state index in [-0.39, 0.29) is 0 Å². The summed E-state index contributed by atoms with van der Waals surface area (Å²) >= 11 is 0. The van der Waals surface area contributed by atoms with E-state index in [1.54, 1.807) is 0 Å². The van der Waals surface area contributed by atoms with E-state index in [0.29, 0.717) is 0 Å². The first-order valence-corrected chi connectivity index (χ1v) is 5.83. The maximum Gasteiger partial charge on any atom is 0.329 e. The van der Waals surface area contributed by atoms with Crippen molar-refractivity contribution < 1.29 is 9.90 Å². The first-order valence-electron chi connectivity index (χ1n) is 5.83. The number of anilines is 1. The zero-order valence-electron chi connectivity index (χ0n) is 9.15. The van der Waals surface area contributed by atoms with Crippen molar-refractivity contribution in [2.24, 2.45) is 0 Å². The maximum absolute atomic E-state index is 11.5. The second-order valence-corrected chi connectivity index (χ2v) is 4.72. The number of carboxylic acids is 1. The molecule has 84 valence electrons. The highest BCUT2D eigenvalue weighted by atomic mass is 16.4. The van der Waals surface area contributed by atoms with Crippen LogP contribution >= 0.6 is 0 Å². The molecule has 0 aromatic heterocycles. The van der Waals surface area contributed by atoms with Crippen LogP contribution in [0.5, 0.6) is 0 Å². The average Bonchev–Trinajstić information content (AvgIpc) is 2.61. The molecule has 3 nitrogen and oxygen atoms in total. The van der Waals surface area contributed by atoms with E-state index in [1.807, 2.05) is 18.2 Å².